The predicted octanol–water partition coefficient (Wildman–Crippen LogP) is 2.47. The highest BCUT2D eigenvalue weighted by molar-refractivity contribution is 5.22. The molecule has 1 saturated heterocycles. The highest BCUT2D eigenvalue weighted by Crippen LogP contribution is 2.21. The Bertz CT molecular complexity index is 440. The van der Waals surface area contributed by atoms with Gasteiger partial charge in [0, 0.05) is 31.3 Å². The van der Waals surface area contributed by atoms with Crippen LogP contribution >= 0.6 is 0 Å². The van der Waals surface area contributed by atoms with Crippen molar-refractivity contribution in [3.8, 4) is 0 Å². The molecule has 2 unspecified atom stereocenters. The topological polar surface area (TPSA) is 38.5 Å². The van der Waals surface area contributed by atoms with Gasteiger partial charge < -0.3 is 10.5 Å². The van der Waals surface area contributed by atoms with Crippen molar-refractivity contribution in [1.29, 1.82) is 0 Å². The van der Waals surface area contributed by atoms with Crippen LogP contribution in [-0.2, 0) is 4.74 Å². The number of benzene rings is 1. The van der Waals surface area contributed by atoms with Gasteiger partial charge in [-0.25, -0.2) is 8.78 Å². The molecule has 1 fully saturated rings. The first-order valence-electron chi connectivity index (χ1n) is 7.15. The minimum absolute atomic E-state index is 0.221. The average Bonchev–Trinajstić information content (AvgIpc) is 2.42. The highest BCUT2D eigenvalue weighted by Gasteiger charge is 2.23. The van der Waals surface area contributed by atoms with Gasteiger partial charge in [0.15, 0.2) is 11.6 Å². The number of hydrogen-bond donors (Lipinski definition) is 1. The van der Waals surface area contributed by atoms with E-state index in [2.05, 4.69) is 4.90 Å². The van der Waals surface area contributed by atoms with Gasteiger partial charge in [-0.1, -0.05) is 12.1 Å². The Hall–Kier alpha value is -1.04. The van der Waals surface area contributed by atoms with Gasteiger partial charge in [0.25, 0.3) is 0 Å². The quantitative estimate of drug-likeness (QED) is 0.902. The van der Waals surface area contributed by atoms with Crippen LogP contribution in [0.25, 0.3) is 0 Å². The molecule has 112 valence electrons. The first kappa shape index (κ1) is 15.4. The largest absolute Gasteiger partial charge is 0.377 e. The molecule has 2 N–H and O–H groups in total. The normalized spacial score (nSPS) is 21.9. The summed E-state index contributed by atoms with van der Waals surface area (Å²) in [4.78, 5) is 2.17. The zero-order valence-electron chi connectivity index (χ0n) is 11.8. The van der Waals surface area contributed by atoms with E-state index in [1.54, 1.807) is 6.07 Å². The molecular weight excluding hydrogens is 262 g/mol. The van der Waals surface area contributed by atoms with E-state index in [1.807, 2.05) is 6.92 Å². The summed E-state index contributed by atoms with van der Waals surface area (Å²) in [5, 5.41) is 0. The van der Waals surface area contributed by atoms with Gasteiger partial charge in [0.2, 0.25) is 0 Å². The lowest BCUT2D eigenvalue weighted by Gasteiger charge is -2.34. The van der Waals surface area contributed by atoms with Crippen molar-refractivity contribution >= 4 is 0 Å². The molecule has 1 heterocycles. The fraction of sp³-hybridized carbons (Fsp3) is 0.600. The monoisotopic (exact) mass is 284 g/mol. The Morgan fingerprint density at radius 1 is 1.45 bits per heavy atom. The number of piperidine rings is 1. The van der Waals surface area contributed by atoms with Crippen molar-refractivity contribution in [3.05, 3.63) is 35.4 Å². The maximum atomic E-state index is 13.7. The number of nitrogens with zero attached hydrogens (tertiary/aromatic N) is 1. The van der Waals surface area contributed by atoms with E-state index in [4.69, 9.17) is 10.5 Å². The number of halogens is 2. The molecule has 0 bridgehead atoms. The molecule has 1 aromatic rings. The second kappa shape index (κ2) is 7.11. The van der Waals surface area contributed by atoms with Crippen molar-refractivity contribution in [1.82, 2.24) is 4.90 Å². The van der Waals surface area contributed by atoms with E-state index in [-0.39, 0.29) is 11.7 Å². The van der Waals surface area contributed by atoms with Gasteiger partial charge in [0.05, 0.1) is 6.10 Å². The van der Waals surface area contributed by atoms with Crippen LogP contribution in [0.4, 0.5) is 8.78 Å². The third-order valence-electron chi connectivity index (χ3n) is 3.70. The molecule has 1 aliphatic rings. The summed E-state index contributed by atoms with van der Waals surface area (Å²) in [5.74, 6) is -1.68. The zero-order chi connectivity index (χ0) is 14.5. The smallest absolute Gasteiger partial charge is 0.163 e. The van der Waals surface area contributed by atoms with Crippen LogP contribution in [0.3, 0.4) is 0 Å². The molecule has 0 aliphatic carbocycles. The van der Waals surface area contributed by atoms with E-state index in [9.17, 15) is 8.78 Å². The third-order valence-corrected chi connectivity index (χ3v) is 3.70. The number of hydrogen-bond acceptors (Lipinski definition) is 3. The summed E-state index contributed by atoms with van der Waals surface area (Å²) < 4.78 is 32.5. The molecule has 1 aliphatic heterocycles. The molecule has 0 radical (unpaired) electrons. The SMILES string of the molecule is CCOC1CCCN(CC(N)c2cccc(F)c2F)C1. The Balaban J connectivity index is 1.97. The molecule has 0 amide bonds. The van der Waals surface area contributed by atoms with Crippen LogP contribution in [0.5, 0.6) is 0 Å². The molecule has 5 heteroatoms. The molecule has 3 nitrogen and oxygen atoms in total. The van der Waals surface area contributed by atoms with Gasteiger partial charge >= 0.3 is 0 Å². The minimum atomic E-state index is -0.844. The standard InChI is InChI=1S/C15H22F2N2O/c1-2-20-11-5-4-8-19(9-11)10-14(18)12-6-3-7-13(16)15(12)17/h3,6-7,11,14H,2,4-5,8-10,18H2,1H3. The number of nitrogens with two attached hydrogens (primary N) is 1. The first-order chi connectivity index (χ1) is 9.61. The van der Waals surface area contributed by atoms with Crippen molar-refractivity contribution in [2.24, 2.45) is 5.73 Å². The van der Waals surface area contributed by atoms with Crippen molar-refractivity contribution in [2.75, 3.05) is 26.2 Å². The summed E-state index contributed by atoms with van der Waals surface area (Å²) in [5.41, 5.74) is 6.27. The second-order valence-electron chi connectivity index (χ2n) is 5.23. The lowest BCUT2D eigenvalue weighted by Crippen LogP contribution is -2.43. The Kier molecular flexibility index (Phi) is 5.46. The first-order valence-corrected chi connectivity index (χ1v) is 7.15. The fourth-order valence-electron chi connectivity index (χ4n) is 2.73. The molecule has 0 spiro atoms. The Morgan fingerprint density at radius 3 is 3.00 bits per heavy atom. The van der Waals surface area contributed by atoms with Crippen molar-refractivity contribution < 1.29 is 13.5 Å². The second-order valence-corrected chi connectivity index (χ2v) is 5.23. The predicted molar refractivity (Wildman–Crippen MR) is 74.4 cm³/mol. The highest BCUT2D eigenvalue weighted by atomic mass is 19.2. The summed E-state index contributed by atoms with van der Waals surface area (Å²) in [6.45, 7) is 4.92. The molecule has 20 heavy (non-hydrogen) atoms. The fourth-order valence-corrected chi connectivity index (χ4v) is 2.73. The maximum Gasteiger partial charge on any atom is 0.163 e. The van der Waals surface area contributed by atoms with Crippen LogP contribution in [0.1, 0.15) is 31.4 Å². The molecule has 1 aromatic carbocycles. The maximum absolute atomic E-state index is 13.7. The van der Waals surface area contributed by atoms with Gasteiger partial charge in [0.1, 0.15) is 0 Å². The molecule has 2 atom stereocenters. The lowest BCUT2D eigenvalue weighted by atomic mass is 10.0. The van der Waals surface area contributed by atoms with Crippen LogP contribution in [0.15, 0.2) is 18.2 Å². The third kappa shape index (κ3) is 3.75. The summed E-state index contributed by atoms with van der Waals surface area (Å²) in [7, 11) is 0. The molecule has 0 saturated carbocycles. The number of ether oxygens (including phenoxy) is 1. The van der Waals surface area contributed by atoms with E-state index >= 15 is 0 Å². The average molecular weight is 284 g/mol. The lowest BCUT2D eigenvalue weighted by molar-refractivity contribution is 0.00441. The van der Waals surface area contributed by atoms with E-state index in [0.717, 1.165) is 32.0 Å². The molecule has 0 aromatic heterocycles. The van der Waals surface area contributed by atoms with E-state index in [0.29, 0.717) is 13.2 Å². The van der Waals surface area contributed by atoms with Gasteiger partial charge in [-0.15, -0.1) is 0 Å². The van der Waals surface area contributed by atoms with E-state index < -0.39 is 17.7 Å². The minimum Gasteiger partial charge on any atom is -0.377 e. The van der Waals surface area contributed by atoms with Crippen molar-refractivity contribution in [3.63, 3.8) is 0 Å². The van der Waals surface area contributed by atoms with Crippen molar-refractivity contribution in [2.45, 2.75) is 31.9 Å². The molecular formula is C15H22F2N2O. The Morgan fingerprint density at radius 2 is 2.25 bits per heavy atom. The molecule has 2 rings (SSSR count). The van der Waals surface area contributed by atoms with Crippen LogP contribution in [-0.4, -0.2) is 37.2 Å². The van der Waals surface area contributed by atoms with E-state index in [1.165, 1.54) is 6.07 Å². The number of likely N-dealkylation sites (tertiary alicyclic amines) is 1. The van der Waals surface area contributed by atoms with Crippen LogP contribution < -0.4 is 5.73 Å². The zero-order valence-corrected chi connectivity index (χ0v) is 11.8. The van der Waals surface area contributed by atoms with Crippen LogP contribution in [0.2, 0.25) is 0 Å². The summed E-state index contributed by atoms with van der Waals surface area (Å²) in [6.07, 6.45) is 2.31. The van der Waals surface area contributed by atoms with Gasteiger partial charge in [-0.05, 0) is 32.4 Å². The Labute approximate surface area is 118 Å². The summed E-state index contributed by atoms with van der Waals surface area (Å²) >= 11 is 0. The number of rotatable bonds is 5. The van der Waals surface area contributed by atoms with Gasteiger partial charge in [-0.2, -0.15) is 0 Å². The van der Waals surface area contributed by atoms with Crippen LogP contribution in [0, 0.1) is 11.6 Å². The summed E-state index contributed by atoms with van der Waals surface area (Å²) in [6, 6.07) is 3.63. The van der Waals surface area contributed by atoms with Gasteiger partial charge in [-0.3, -0.25) is 4.90 Å².